The van der Waals surface area contributed by atoms with E-state index in [4.69, 9.17) is 4.98 Å². The molecule has 2 rings (SSSR count). The molecular weight excluding hydrogens is 278 g/mol. The van der Waals surface area contributed by atoms with Crippen LogP contribution in [0.25, 0.3) is 0 Å². The van der Waals surface area contributed by atoms with E-state index in [-0.39, 0.29) is 0 Å². The van der Waals surface area contributed by atoms with Crippen LogP contribution < -0.4 is 10.2 Å². The average Bonchev–Trinajstić information content (AvgIpc) is 2.87. The van der Waals surface area contributed by atoms with Gasteiger partial charge in [-0.2, -0.15) is 0 Å². The summed E-state index contributed by atoms with van der Waals surface area (Å²) in [5, 5.41) is 4.60. The Bertz CT molecular complexity index is 536. The van der Waals surface area contributed by atoms with Crippen LogP contribution in [-0.4, -0.2) is 18.1 Å². The predicted octanol–water partition coefficient (Wildman–Crippen LogP) is 3.98. The summed E-state index contributed by atoms with van der Waals surface area (Å²) < 4.78 is 0. The first-order valence-corrected chi connectivity index (χ1v) is 8.52. The van der Waals surface area contributed by atoms with Gasteiger partial charge in [-0.15, -0.1) is 11.3 Å². The van der Waals surface area contributed by atoms with E-state index in [1.54, 1.807) is 0 Å². The van der Waals surface area contributed by atoms with Gasteiger partial charge in [0.15, 0.2) is 5.13 Å². The minimum Gasteiger partial charge on any atom is -0.344 e. The van der Waals surface area contributed by atoms with Gasteiger partial charge in [-0.1, -0.05) is 37.3 Å². The van der Waals surface area contributed by atoms with E-state index in [0.717, 1.165) is 37.0 Å². The van der Waals surface area contributed by atoms with E-state index in [0.29, 0.717) is 0 Å². The van der Waals surface area contributed by atoms with E-state index in [9.17, 15) is 0 Å². The van der Waals surface area contributed by atoms with E-state index in [1.165, 1.54) is 16.9 Å². The maximum Gasteiger partial charge on any atom is 0.186 e. The van der Waals surface area contributed by atoms with E-state index in [1.807, 2.05) is 11.3 Å². The Morgan fingerprint density at radius 3 is 2.62 bits per heavy atom. The second-order valence-electron chi connectivity index (χ2n) is 5.18. The van der Waals surface area contributed by atoms with E-state index in [2.05, 4.69) is 61.3 Å². The summed E-state index contributed by atoms with van der Waals surface area (Å²) in [5.74, 6) is 0. The van der Waals surface area contributed by atoms with Crippen LogP contribution in [0.5, 0.6) is 0 Å². The number of anilines is 1. The second-order valence-corrected chi connectivity index (χ2v) is 6.24. The summed E-state index contributed by atoms with van der Waals surface area (Å²) in [6, 6.07) is 10.6. The van der Waals surface area contributed by atoms with Crippen molar-refractivity contribution in [2.75, 3.05) is 18.0 Å². The van der Waals surface area contributed by atoms with Crippen molar-refractivity contribution in [3.8, 4) is 0 Å². The fraction of sp³-hybridized carbons (Fsp3) is 0.471. The van der Waals surface area contributed by atoms with Gasteiger partial charge in [-0.05, 0) is 32.4 Å². The molecule has 114 valence electrons. The van der Waals surface area contributed by atoms with Crippen molar-refractivity contribution in [2.45, 2.75) is 40.3 Å². The fourth-order valence-electron chi connectivity index (χ4n) is 2.21. The van der Waals surface area contributed by atoms with Crippen molar-refractivity contribution < 1.29 is 0 Å². The van der Waals surface area contributed by atoms with Crippen LogP contribution in [0.4, 0.5) is 5.13 Å². The minimum absolute atomic E-state index is 0.923. The molecule has 0 aliphatic carbocycles. The Morgan fingerprint density at radius 2 is 1.95 bits per heavy atom. The monoisotopic (exact) mass is 303 g/mol. The van der Waals surface area contributed by atoms with Crippen molar-refractivity contribution in [3.63, 3.8) is 0 Å². The number of benzene rings is 1. The first-order valence-electron chi connectivity index (χ1n) is 7.70. The molecule has 4 heteroatoms. The number of nitrogens with one attached hydrogen (secondary N) is 1. The standard InChI is InChI=1S/C17H25N3S/c1-4-11-18-12-16-14(3)19-17(21-16)20(5-2)13-15-9-7-6-8-10-15/h6-10,18H,4-5,11-13H2,1-3H3. The molecule has 0 unspecified atom stereocenters. The zero-order valence-electron chi connectivity index (χ0n) is 13.2. The van der Waals surface area contributed by atoms with Gasteiger partial charge >= 0.3 is 0 Å². The number of nitrogens with zero attached hydrogens (tertiary/aromatic N) is 2. The third-order valence-corrected chi connectivity index (χ3v) is 4.68. The summed E-state index contributed by atoms with van der Waals surface area (Å²) in [6.45, 7) is 10.4. The smallest absolute Gasteiger partial charge is 0.186 e. The lowest BCUT2D eigenvalue weighted by atomic mass is 10.2. The largest absolute Gasteiger partial charge is 0.344 e. The number of rotatable bonds is 8. The summed E-state index contributed by atoms with van der Waals surface area (Å²) in [6.07, 6.45) is 1.17. The molecule has 1 aromatic heterocycles. The van der Waals surface area contributed by atoms with Crippen molar-refractivity contribution >= 4 is 16.5 Å². The number of thiazole rings is 1. The van der Waals surface area contributed by atoms with Gasteiger partial charge in [0.25, 0.3) is 0 Å². The molecule has 21 heavy (non-hydrogen) atoms. The van der Waals surface area contributed by atoms with Crippen LogP contribution in [0.1, 0.15) is 36.4 Å². The Labute approximate surface area is 132 Å². The quantitative estimate of drug-likeness (QED) is 0.748. The van der Waals surface area contributed by atoms with Crippen LogP contribution >= 0.6 is 11.3 Å². The van der Waals surface area contributed by atoms with Crippen molar-refractivity contribution in [1.82, 2.24) is 10.3 Å². The highest BCUT2D eigenvalue weighted by Gasteiger charge is 2.13. The highest BCUT2D eigenvalue weighted by molar-refractivity contribution is 7.15. The summed E-state index contributed by atoms with van der Waals surface area (Å²) in [5.41, 5.74) is 2.49. The highest BCUT2D eigenvalue weighted by Crippen LogP contribution is 2.27. The van der Waals surface area contributed by atoms with Gasteiger partial charge in [0, 0.05) is 24.5 Å². The zero-order valence-corrected chi connectivity index (χ0v) is 14.0. The molecule has 0 aliphatic heterocycles. The van der Waals surface area contributed by atoms with Gasteiger partial charge in [-0.25, -0.2) is 4.98 Å². The van der Waals surface area contributed by atoms with Crippen LogP contribution in [-0.2, 0) is 13.1 Å². The Balaban J connectivity index is 2.06. The molecule has 0 bridgehead atoms. The first-order chi connectivity index (χ1) is 10.2. The SMILES string of the molecule is CCCNCc1sc(N(CC)Cc2ccccc2)nc1C. The third kappa shape index (κ3) is 4.55. The van der Waals surface area contributed by atoms with E-state index >= 15 is 0 Å². The molecule has 0 saturated heterocycles. The normalized spacial score (nSPS) is 10.8. The molecule has 0 radical (unpaired) electrons. The van der Waals surface area contributed by atoms with Gasteiger partial charge in [-0.3, -0.25) is 0 Å². The highest BCUT2D eigenvalue weighted by atomic mass is 32.1. The average molecular weight is 303 g/mol. The van der Waals surface area contributed by atoms with Gasteiger partial charge < -0.3 is 10.2 Å². The van der Waals surface area contributed by atoms with Crippen LogP contribution in [0.2, 0.25) is 0 Å². The molecule has 1 heterocycles. The fourth-order valence-corrected chi connectivity index (χ4v) is 3.30. The maximum atomic E-state index is 4.76. The van der Waals surface area contributed by atoms with Crippen LogP contribution in [0, 0.1) is 6.92 Å². The number of hydrogen-bond acceptors (Lipinski definition) is 4. The second kappa shape index (κ2) is 8.15. The minimum atomic E-state index is 0.923. The lowest BCUT2D eigenvalue weighted by molar-refractivity contribution is 0.678. The zero-order chi connectivity index (χ0) is 15.1. The molecule has 0 atom stereocenters. The van der Waals surface area contributed by atoms with Crippen molar-refractivity contribution in [2.24, 2.45) is 0 Å². The van der Waals surface area contributed by atoms with Crippen molar-refractivity contribution in [1.29, 1.82) is 0 Å². The lowest BCUT2D eigenvalue weighted by Gasteiger charge is -2.19. The van der Waals surface area contributed by atoms with Gasteiger partial charge in [0.2, 0.25) is 0 Å². The number of aryl methyl sites for hydroxylation is 1. The van der Waals surface area contributed by atoms with Crippen LogP contribution in [0.15, 0.2) is 30.3 Å². The third-order valence-electron chi connectivity index (χ3n) is 3.46. The van der Waals surface area contributed by atoms with Crippen molar-refractivity contribution in [3.05, 3.63) is 46.5 Å². The number of hydrogen-bond donors (Lipinski definition) is 1. The summed E-state index contributed by atoms with van der Waals surface area (Å²) >= 11 is 1.81. The molecular formula is C17H25N3S. The van der Waals surface area contributed by atoms with Crippen LogP contribution in [0.3, 0.4) is 0 Å². The maximum absolute atomic E-state index is 4.76. The summed E-state index contributed by atoms with van der Waals surface area (Å²) in [7, 11) is 0. The molecule has 3 nitrogen and oxygen atoms in total. The Morgan fingerprint density at radius 1 is 1.19 bits per heavy atom. The molecule has 0 amide bonds. The number of aromatic nitrogens is 1. The first kappa shape index (κ1) is 16.0. The molecule has 1 N–H and O–H groups in total. The lowest BCUT2D eigenvalue weighted by Crippen LogP contribution is -2.21. The molecule has 1 aromatic carbocycles. The molecule has 0 aliphatic rings. The van der Waals surface area contributed by atoms with Gasteiger partial charge in [0.05, 0.1) is 5.69 Å². The summed E-state index contributed by atoms with van der Waals surface area (Å²) in [4.78, 5) is 8.46. The molecule has 0 fully saturated rings. The molecule has 0 spiro atoms. The van der Waals surface area contributed by atoms with E-state index < -0.39 is 0 Å². The Kier molecular flexibility index (Phi) is 6.21. The molecule has 0 saturated carbocycles. The predicted molar refractivity (Wildman–Crippen MR) is 92.0 cm³/mol. The Hall–Kier alpha value is -1.39. The van der Waals surface area contributed by atoms with Gasteiger partial charge in [0.1, 0.15) is 0 Å². The topological polar surface area (TPSA) is 28.2 Å². The molecule has 2 aromatic rings.